The Hall–Kier alpha value is -2.97. The molecule has 4 heterocycles. The van der Waals surface area contributed by atoms with E-state index in [1.807, 2.05) is 35.1 Å². The van der Waals surface area contributed by atoms with E-state index in [-0.39, 0.29) is 0 Å². The van der Waals surface area contributed by atoms with E-state index in [1.54, 1.807) is 24.6 Å². The fourth-order valence-electron chi connectivity index (χ4n) is 4.60. The molecule has 1 saturated heterocycles. The lowest BCUT2D eigenvalue weighted by Gasteiger charge is -2.29. The second-order valence-corrected chi connectivity index (χ2v) is 9.19. The maximum atomic E-state index is 5.49. The van der Waals surface area contributed by atoms with Crippen molar-refractivity contribution in [3.05, 3.63) is 60.6 Å². The first-order valence-corrected chi connectivity index (χ1v) is 11.5. The highest BCUT2D eigenvalue weighted by atomic mass is 32.1. The van der Waals surface area contributed by atoms with E-state index in [4.69, 9.17) is 14.8 Å². The van der Waals surface area contributed by atoms with Gasteiger partial charge in [0.2, 0.25) is 10.1 Å². The molecule has 2 aliphatic rings. The first kappa shape index (κ1) is 18.8. The number of methoxy groups -OCH3 is 1. The van der Waals surface area contributed by atoms with Crippen LogP contribution >= 0.6 is 11.3 Å². The van der Waals surface area contributed by atoms with Gasteiger partial charge in [-0.25, -0.2) is 9.50 Å². The van der Waals surface area contributed by atoms with Crippen molar-refractivity contribution in [3.8, 4) is 17.0 Å². The number of anilines is 1. The third-order valence-electron chi connectivity index (χ3n) is 6.20. The van der Waals surface area contributed by atoms with Crippen LogP contribution in [0.3, 0.4) is 0 Å². The van der Waals surface area contributed by atoms with Crippen molar-refractivity contribution < 1.29 is 4.74 Å². The van der Waals surface area contributed by atoms with Gasteiger partial charge in [0.05, 0.1) is 25.0 Å². The molecule has 1 aromatic carbocycles. The summed E-state index contributed by atoms with van der Waals surface area (Å²) in [5.74, 6) is 0.912. The Balaban J connectivity index is 1.27. The highest BCUT2D eigenvalue weighted by Crippen LogP contribution is 2.43. The standard InChI is InChI=1S/C23H24N6OS/c1-30-18-6-2-4-15(12-18)21-19(9-11-28(21)17-7-8-17)25-22-27-29-14-20(26-23(29)31-22)16-5-3-10-24-13-16/h2-6,10,12-14,17,19,21H,7-9,11H2,1H3,(H,25,27). The van der Waals surface area contributed by atoms with Crippen LogP contribution in [0.2, 0.25) is 0 Å². The molecule has 1 saturated carbocycles. The zero-order valence-electron chi connectivity index (χ0n) is 17.3. The van der Waals surface area contributed by atoms with Crippen molar-refractivity contribution >= 4 is 21.4 Å². The number of nitrogens with zero attached hydrogens (tertiary/aromatic N) is 5. The molecule has 1 N–H and O–H groups in total. The Morgan fingerprint density at radius 1 is 1.16 bits per heavy atom. The van der Waals surface area contributed by atoms with Gasteiger partial charge in [0.1, 0.15) is 5.75 Å². The summed E-state index contributed by atoms with van der Waals surface area (Å²) >= 11 is 1.60. The van der Waals surface area contributed by atoms with Crippen LogP contribution in [-0.4, -0.2) is 50.2 Å². The number of fused-ring (bicyclic) bond motifs is 1. The van der Waals surface area contributed by atoms with Gasteiger partial charge in [0, 0.05) is 36.6 Å². The van der Waals surface area contributed by atoms with E-state index >= 15 is 0 Å². The fourth-order valence-corrected chi connectivity index (χ4v) is 5.45. The molecule has 8 heteroatoms. The Labute approximate surface area is 184 Å². The fraction of sp³-hybridized carbons (Fsp3) is 0.348. The number of hydrogen-bond acceptors (Lipinski definition) is 7. The van der Waals surface area contributed by atoms with Crippen LogP contribution in [0, 0.1) is 0 Å². The average Bonchev–Trinajstić information content (AvgIpc) is 3.28. The van der Waals surface area contributed by atoms with Crippen LogP contribution in [-0.2, 0) is 0 Å². The highest BCUT2D eigenvalue weighted by Gasteiger charge is 2.43. The molecule has 2 fully saturated rings. The smallest absolute Gasteiger partial charge is 0.214 e. The van der Waals surface area contributed by atoms with E-state index in [9.17, 15) is 0 Å². The molecule has 2 unspecified atom stereocenters. The molecule has 0 spiro atoms. The number of imidazole rings is 1. The lowest BCUT2D eigenvalue weighted by molar-refractivity contribution is 0.240. The molecule has 31 heavy (non-hydrogen) atoms. The molecule has 7 nitrogen and oxygen atoms in total. The minimum Gasteiger partial charge on any atom is -0.497 e. The number of hydrogen-bond donors (Lipinski definition) is 1. The van der Waals surface area contributed by atoms with E-state index < -0.39 is 0 Å². The zero-order valence-corrected chi connectivity index (χ0v) is 18.1. The molecule has 4 aromatic rings. The van der Waals surface area contributed by atoms with Gasteiger partial charge in [0.25, 0.3) is 0 Å². The van der Waals surface area contributed by atoms with E-state index in [0.29, 0.717) is 18.1 Å². The van der Waals surface area contributed by atoms with Gasteiger partial charge in [-0.15, -0.1) is 5.10 Å². The van der Waals surface area contributed by atoms with Crippen molar-refractivity contribution in [3.63, 3.8) is 0 Å². The largest absolute Gasteiger partial charge is 0.497 e. The summed E-state index contributed by atoms with van der Waals surface area (Å²) < 4.78 is 7.36. The Bertz CT molecular complexity index is 1170. The minimum absolute atomic E-state index is 0.307. The third kappa shape index (κ3) is 3.55. The highest BCUT2D eigenvalue weighted by molar-refractivity contribution is 7.20. The first-order chi connectivity index (χ1) is 15.3. The van der Waals surface area contributed by atoms with Crippen molar-refractivity contribution in [1.29, 1.82) is 0 Å². The van der Waals surface area contributed by atoms with Gasteiger partial charge in [-0.3, -0.25) is 9.88 Å². The molecule has 0 bridgehead atoms. The van der Waals surface area contributed by atoms with Crippen molar-refractivity contribution in [1.82, 2.24) is 24.5 Å². The van der Waals surface area contributed by atoms with Crippen LogP contribution < -0.4 is 10.1 Å². The summed E-state index contributed by atoms with van der Waals surface area (Å²) in [7, 11) is 1.73. The summed E-state index contributed by atoms with van der Waals surface area (Å²) in [5.41, 5.74) is 3.21. The van der Waals surface area contributed by atoms with Gasteiger partial charge in [-0.05, 0) is 49.1 Å². The predicted molar refractivity (Wildman–Crippen MR) is 122 cm³/mol. The van der Waals surface area contributed by atoms with Crippen molar-refractivity contribution in [2.45, 2.75) is 37.4 Å². The zero-order chi connectivity index (χ0) is 20.8. The molecule has 6 rings (SSSR count). The predicted octanol–water partition coefficient (Wildman–Crippen LogP) is 4.25. The average molecular weight is 433 g/mol. The second kappa shape index (κ2) is 7.62. The van der Waals surface area contributed by atoms with Crippen LogP contribution in [0.25, 0.3) is 16.2 Å². The Morgan fingerprint density at radius 2 is 2.10 bits per heavy atom. The number of nitrogens with one attached hydrogen (secondary N) is 1. The van der Waals surface area contributed by atoms with Crippen molar-refractivity contribution in [2.24, 2.45) is 0 Å². The third-order valence-corrected chi connectivity index (χ3v) is 7.05. The SMILES string of the molecule is COc1cccc(C2C(Nc3nn4cc(-c5cccnc5)nc4s3)CCN2C2CC2)c1. The van der Waals surface area contributed by atoms with Gasteiger partial charge >= 0.3 is 0 Å². The topological polar surface area (TPSA) is 67.6 Å². The first-order valence-electron chi connectivity index (χ1n) is 10.7. The van der Waals surface area contributed by atoms with Crippen LogP contribution in [0.1, 0.15) is 30.9 Å². The monoisotopic (exact) mass is 432 g/mol. The molecule has 158 valence electrons. The van der Waals surface area contributed by atoms with Crippen LogP contribution in [0.4, 0.5) is 5.13 Å². The summed E-state index contributed by atoms with van der Waals surface area (Å²) in [6.45, 7) is 1.11. The molecule has 1 aliphatic heterocycles. The van der Waals surface area contributed by atoms with Gasteiger partial charge in [-0.2, -0.15) is 0 Å². The molecular formula is C23H24N6OS. The van der Waals surface area contributed by atoms with Crippen molar-refractivity contribution in [2.75, 3.05) is 19.0 Å². The van der Waals surface area contributed by atoms with Gasteiger partial charge in [-0.1, -0.05) is 23.5 Å². The van der Waals surface area contributed by atoms with E-state index in [0.717, 1.165) is 40.1 Å². The summed E-state index contributed by atoms with van der Waals surface area (Å²) in [4.78, 5) is 12.5. The lowest BCUT2D eigenvalue weighted by Crippen LogP contribution is -2.32. The maximum Gasteiger partial charge on any atom is 0.214 e. The molecule has 1 aliphatic carbocycles. The molecule has 0 amide bonds. The number of rotatable bonds is 6. The molecule has 2 atom stereocenters. The quantitative estimate of drug-likeness (QED) is 0.491. The maximum absolute atomic E-state index is 5.49. The Morgan fingerprint density at radius 3 is 2.87 bits per heavy atom. The summed E-state index contributed by atoms with van der Waals surface area (Å²) in [6, 6.07) is 13.8. The number of ether oxygens (including phenoxy) is 1. The normalized spacial score (nSPS) is 21.6. The lowest BCUT2D eigenvalue weighted by atomic mass is 9.99. The van der Waals surface area contributed by atoms with Gasteiger partial charge in [0.15, 0.2) is 0 Å². The molecule has 0 radical (unpaired) electrons. The Kier molecular flexibility index (Phi) is 4.61. The minimum atomic E-state index is 0.307. The van der Waals surface area contributed by atoms with Crippen LogP contribution in [0.5, 0.6) is 5.75 Å². The second-order valence-electron chi connectivity index (χ2n) is 8.23. The molecule has 3 aromatic heterocycles. The number of aromatic nitrogens is 4. The molecular weight excluding hydrogens is 408 g/mol. The summed E-state index contributed by atoms with van der Waals surface area (Å²) in [5, 5.41) is 9.41. The van der Waals surface area contributed by atoms with Crippen LogP contribution in [0.15, 0.2) is 55.0 Å². The number of pyridine rings is 1. The van der Waals surface area contributed by atoms with E-state index in [2.05, 4.69) is 33.4 Å². The number of likely N-dealkylation sites (tertiary alicyclic amines) is 1. The van der Waals surface area contributed by atoms with Gasteiger partial charge < -0.3 is 10.1 Å². The number of benzene rings is 1. The summed E-state index contributed by atoms with van der Waals surface area (Å²) in [6.07, 6.45) is 9.27. The van der Waals surface area contributed by atoms with E-state index in [1.165, 1.54) is 18.4 Å².